The molecule has 0 aliphatic heterocycles. The zero-order chi connectivity index (χ0) is 13.5. The van der Waals surface area contributed by atoms with Crippen LogP contribution in [0.3, 0.4) is 0 Å². The molecule has 0 spiro atoms. The van der Waals surface area contributed by atoms with Crippen LogP contribution in [0, 0.1) is 0 Å². The van der Waals surface area contributed by atoms with Crippen molar-refractivity contribution in [3.63, 3.8) is 0 Å². The minimum Gasteiger partial charge on any atom is -0.444 e. The highest BCUT2D eigenvalue weighted by Gasteiger charge is 2.09. The summed E-state index contributed by atoms with van der Waals surface area (Å²) < 4.78 is 5.52. The van der Waals surface area contributed by atoms with Crippen molar-refractivity contribution in [1.82, 2.24) is 9.88 Å². The number of oxazole rings is 1. The summed E-state index contributed by atoms with van der Waals surface area (Å²) in [4.78, 5) is 6.70. The van der Waals surface area contributed by atoms with E-state index in [0.717, 1.165) is 30.9 Å². The van der Waals surface area contributed by atoms with Crippen LogP contribution in [-0.4, -0.2) is 23.0 Å². The Labute approximate surface area is 113 Å². The molecule has 2 rings (SSSR count). The second-order valence-corrected chi connectivity index (χ2v) is 4.28. The highest BCUT2D eigenvalue weighted by atomic mass is 16.3. The van der Waals surface area contributed by atoms with E-state index < -0.39 is 0 Å². The molecule has 98 valence electrons. The van der Waals surface area contributed by atoms with E-state index in [-0.39, 0.29) is 0 Å². The van der Waals surface area contributed by atoms with E-state index in [0.29, 0.717) is 5.89 Å². The first kappa shape index (κ1) is 13.3. The van der Waals surface area contributed by atoms with E-state index in [9.17, 15) is 0 Å². The van der Waals surface area contributed by atoms with Gasteiger partial charge in [0.05, 0.1) is 5.69 Å². The van der Waals surface area contributed by atoms with Crippen LogP contribution in [0.5, 0.6) is 0 Å². The summed E-state index contributed by atoms with van der Waals surface area (Å²) in [6.07, 6.45) is 5.46. The van der Waals surface area contributed by atoms with Gasteiger partial charge in [-0.3, -0.25) is 4.90 Å². The van der Waals surface area contributed by atoms with Crippen molar-refractivity contribution in [2.75, 3.05) is 13.1 Å². The Morgan fingerprint density at radius 3 is 2.42 bits per heavy atom. The Morgan fingerprint density at radius 2 is 1.79 bits per heavy atom. The van der Waals surface area contributed by atoms with Crippen LogP contribution in [-0.2, 0) is 6.54 Å². The third-order valence-electron chi connectivity index (χ3n) is 2.73. The number of benzene rings is 1. The first-order valence-electron chi connectivity index (χ1n) is 6.27. The standard InChI is InChI=1S/C16H18N2O/c1-3-10-18(11-4-2)12-15-13-19-16(17-15)14-8-6-5-7-9-14/h3-9,13H,1-2,10-12H2. The molecule has 1 aromatic heterocycles. The third kappa shape index (κ3) is 3.66. The van der Waals surface area contributed by atoms with Crippen LogP contribution < -0.4 is 0 Å². The molecule has 3 heteroatoms. The molecule has 0 atom stereocenters. The molecule has 0 N–H and O–H groups in total. The first-order valence-corrected chi connectivity index (χ1v) is 6.27. The van der Waals surface area contributed by atoms with Crippen LogP contribution in [0.25, 0.3) is 11.5 Å². The summed E-state index contributed by atoms with van der Waals surface area (Å²) in [5, 5.41) is 0. The Balaban J connectivity index is 2.08. The van der Waals surface area contributed by atoms with Gasteiger partial charge in [-0.05, 0) is 12.1 Å². The summed E-state index contributed by atoms with van der Waals surface area (Å²) >= 11 is 0. The lowest BCUT2D eigenvalue weighted by atomic mass is 10.2. The van der Waals surface area contributed by atoms with Crippen molar-refractivity contribution < 1.29 is 4.42 Å². The van der Waals surface area contributed by atoms with Crippen LogP contribution in [0.15, 0.2) is 66.3 Å². The van der Waals surface area contributed by atoms with Crippen molar-refractivity contribution in [2.45, 2.75) is 6.54 Å². The van der Waals surface area contributed by atoms with Crippen molar-refractivity contribution >= 4 is 0 Å². The number of hydrogen-bond acceptors (Lipinski definition) is 3. The van der Waals surface area contributed by atoms with Gasteiger partial charge in [-0.15, -0.1) is 13.2 Å². The van der Waals surface area contributed by atoms with Gasteiger partial charge in [0.2, 0.25) is 5.89 Å². The second kappa shape index (κ2) is 6.71. The van der Waals surface area contributed by atoms with E-state index in [1.165, 1.54) is 0 Å². The maximum absolute atomic E-state index is 5.52. The van der Waals surface area contributed by atoms with Crippen molar-refractivity contribution in [2.24, 2.45) is 0 Å². The van der Waals surface area contributed by atoms with E-state index >= 15 is 0 Å². The van der Waals surface area contributed by atoms with Crippen molar-refractivity contribution in [3.8, 4) is 11.5 Å². The molecule has 0 amide bonds. The van der Waals surface area contributed by atoms with Gasteiger partial charge in [0.1, 0.15) is 6.26 Å². The first-order chi connectivity index (χ1) is 9.33. The van der Waals surface area contributed by atoms with Gasteiger partial charge in [0.25, 0.3) is 0 Å². The topological polar surface area (TPSA) is 29.3 Å². The van der Waals surface area contributed by atoms with Crippen molar-refractivity contribution in [1.29, 1.82) is 0 Å². The summed E-state index contributed by atoms with van der Waals surface area (Å²) in [6.45, 7) is 9.86. The molecule has 0 aliphatic carbocycles. The molecule has 0 bridgehead atoms. The molecule has 3 nitrogen and oxygen atoms in total. The average molecular weight is 254 g/mol. The second-order valence-electron chi connectivity index (χ2n) is 4.28. The van der Waals surface area contributed by atoms with E-state index in [1.54, 1.807) is 6.26 Å². The SMILES string of the molecule is C=CCN(CC=C)Cc1coc(-c2ccccc2)n1. The van der Waals surface area contributed by atoms with Gasteiger partial charge in [-0.2, -0.15) is 0 Å². The molecule has 19 heavy (non-hydrogen) atoms. The Morgan fingerprint density at radius 1 is 1.11 bits per heavy atom. The molecule has 0 fully saturated rings. The highest BCUT2D eigenvalue weighted by molar-refractivity contribution is 5.52. The van der Waals surface area contributed by atoms with Crippen LogP contribution >= 0.6 is 0 Å². The lowest BCUT2D eigenvalue weighted by molar-refractivity contribution is 0.323. The molecule has 0 radical (unpaired) electrons. The molecular formula is C16H18N2O. The number of rotatable bonds is 7. The van der Waals surface area contributed by atoms with E-state index in [1.807, 2.05) is 42.5 Å². The van der Waals surface area contributed by atoms with E-state index in [4.69, 9.17) is 4.42 Å². The Kier molecular flexibility index (Phi) is 4.70. The summed E-state index contributed by atoms with van der Waals surface area (Å²) in [6, 6.07) is 9.90. The molecule has 1 aromatic carbocycles. The lowest BCUT2D eigenvalue weighted by Gasteiger charge is -2.16. The minimum atomic E-state index is 0.660. The third-order valence-corrected chi connectivity index (χ3v) is 2.73. The molecule has 2 aromatic rings. The molecule has 0 unspecified atom stereocenters. The average Bonchev–Trinajstić information content (AvgIpc) is 2.89. The molecule has 0 saturated carbocycles. The number of aromatic nitrogens is 1. The largest absolute Gasteiger partial charge is 0.444 e. The molecule has 0 aliphatic rings. The maximum Gasteiger partial charge on any atom is 0.226 e. The fourth-order valence-electron chi connectivity index (χ4n) is 1.89. The molecule has 1 heterocycles. The van der Waals surface area contributed by atoms with Crippen molar-refractivity contribution in [3.05, 3.63) is 67.6 Å². The van der Waals surface area contributed by atoms with Gasteiger partial charge in [0.15, 0.2) is 0 Å². The Bertz CT molecular complexity index is 521. The minimum absolute atomic E-state index is 0.660. The molecule has 0 saturated heterocycles. The fraction of sp³-hybridized carbons (Fsp3) is 0.188. The lowest BCUT2D eigenvalue weighted by Crippen LogP contribution is -2.23. The summed E-state index contributed by atoms with van der Waals surface area (Å²) in [5.74, 6) is 0.660. The quantitative estimate of drug-likeness (QED) is 0.708. The predicted octanol–water partition coefficient (Wildman–Crippen LogP) is 3.52. The van der Waals surface area contributed by atoms with Crippen LogP contribution in [0.4, 0.5) is 0 Å². The zero-order valence-corrected chi connectivity index (χ0v) is 11.0. The highest BCUT2D eigenvalue weighted by Crippen LogP contribution is 2.18. The fourth-order valence-corrected chi connectivity index (χ4v) is 1.89. The number of hydrogen-bond donors (Lipinski definition) is 0. The van der Waals surface area contributed by atoms with Gasteiger partial charge < -0.3 is 4.42 Å². The van der Waals surface area contributed by atoms with Gasteiger partial charge in [-0.1, -0.05) is 30.4 Å². The van der Waals surface area contributed by atoms with E-state index in [2.05, 4.69) is 23.0 Å². The predicted molar refractivity (Wildman–Crippen MR) is 77.6 cm³/mol. The monoisotopic (exact) mass is 254 g/mol. The summed E-state index contributed by atoms with van der Waals surface area (Å²) in [5.41, 5.74) is 1.91. The summed E-state index contributed by atoms with van der Waals surface area (Å²) in [7, 11) is 0. The molecular weight excluding hydrogens is 236 g/mol. The van der Waals surface area contributed by atoms with Gasteiger partial charge in [0, 0.05) is 25.2 Å². The van der Waals surface area contributed by atoms with Gasteiger partial charge in [-0.25, -0.2) is 4.98 Å². The zero-order valence-electron chi connectivity index (χ0n) is 11.0. The normalized spacial score (nSPS) is 10.6. The smallest absolute Gasteiger partial charge is 0.226 e. The van der Waals surface area contributed by atoms with Gasteiger partial charge >= 0.3 is 0 Å². The Hall–Kier alpha value is -2.13. The number of nitrogens with zero attached hydrogens (tertiary/aromatic N) is 2. The van der Waals surface area contributed by atoms with Crippen LogP contribution in [0.1, 0.15) is 5.69 Å². The van der Waals surface area contributed by atoms with Crippen LogP contribution in [0.2, 0.25) is 0 Å². The maximum atomic E-state index is 5.52.